The van der Waals surface area contributed by atoms with Crippen molar-refractivity contribution in [2.24, 2.45) is 5.41 Å². The van der Waals surface area contributed by atoms with Crippen LogP contribution in [-0.4, -0.2) is 18.3 Å². The number of phenolic OH excluding ortho intramolecular Hbond substituents is 1. The van der Waals surface area contributed by atoms with Crippen molar-refractivity contribution in [3.05, 3.63) is 23.8 Å². The van der Waals surface area contributed by atoms with Gasteiger partial charge in [0.15, 0.2) is 11.5 Å². The number of phenols is 1. The van der Waals surface area contributed by atoms with Crippen molar-refractivity contribution in [2.75, 3.05) is 13.2 Å². The van der Waals surface area contributed by atoms with E-state index in [0.717, 1.165) is 12.1 Å². The molecule has 0 aliphatic carbocycles. The molecule has 3 nitrogen and oxygen atoms in total. The first-order valence-electron chi connectivity index (χ1n) is 8.14. The highest BCUT2D eigenvalue weighted by molar-refractivity contribution is 5.45. The lowest BCUT2D eigenvalue weighted by Crippen LogP contribution is -2.29. The first kappa shape index (κ1) is 17.8. The van der Waals surface area contributed by atoms with E-state index in [4.69, 9.17) is 4.74 Å². The third kappa shape index (κ3) is 6.38. The highest BCUT2D eigenvalue weighted by Gasteiger charge is 2.17. The quantitative estimate of drug-likeness (QED) is 0.625. The van der Waals surface area contributed by atoms with E-state index in [-0.39, 0.29) is 5.75 Å². The number of rotatable bonds is 10. The minimum Gasteiger partial charge on any atom is -0.504 e. The van der Waals surface area contributed by atoms with Gasteiger partial charge in [0.1, 0.15) is 0 Å². The van der Waals surface area contributed by atoms with Gasteiger partial charge in [0.25, 0.3) is 0 Å². The lowest BCUT2D eigenvalue weighted by molar-refractivity contribution is 0.298. The summed E-state index contributed by atoms with van der Waals surface area (Å²) in [6.07, 6.45) is 5.09. The monoisotopic (exact) mass is 293 g/mol. The molecule has 21 heavy (non-hydrogen) atoms. The summed E-state index contributed by atoms with van der Waals surface area (Å²) in [7, 11) is 0. The molecule has 0 radical (unpaired) electrons. The first-order valence-corrected chi connectivity index (χ1v) is 8.14. The molecule has 120 valence electrons. The normalized spacial score (nSPS) is 11.6. The van der Waals surface area contributed by atoms with E-state index in [1.54, 1.807) is 6.07 Å². The second kappa shape index (κ2) is 8.93. The first-order chi connectivity index (χ1) is 10.00. The second-order valence-corrected chi connectivity index (χ2v) is 6.42. The number of hydrogen-bond donors (Lipinski definition) is 2. The number of benzene rings is 1. The van der Waals surface area contributed by atoms with E-state index in [2.05, 4.69) is 26.1 Å². The molecule has 0 heterocycles. The van der Waals surface area contributed by atoms with Gasteiger partial charge in [-0.1, -0.05) is 52.2 Å². The fourth-order valence-electron chi connectivity index (χ4n) is 2.46. The summed E-state index contributed by atoms with van der Waals surface area (Å²) < 4.78 is 5.41. The van der Waals surface area contributed by atoms with Crippen molar-refractivity contribution >= 4 is 0 Å². The van der Waals surface area contributed by atoms with Gasteiger partial charge in [-0.15, -0.1) is 0 Å². The van der Waals surface area contributed by atoms with E-state index < -0.39 is 0 Å². The van der Waals surface area contributed by atoms with Crippen LogP contribution >= 0.6 is 0 Å². The molecule has 1 aromatic rings. The van der Waals surface area contributed by atoms with Gasteiger partial charge in [-0.25, -0.2) is 0 Å². The van der Waals surface area contributed by atoms with E-state index in [0.29, 0.717) is 24.3 Å². The highest BCUT2D eigenvalue weighted by atomic mass is 16.5. The Kier molecular flexibility index (Phi) is 7.58. The van der Waals surface area contributed by atoms with Crippen LogP contribution < -0.4 is 10.1 Å². The Bertz CT molecular complexity index is 416. The number of ether oxygens (including phenoxy) is 1. The summed E-state index contributed by atoms with van der Waals surface area (Å²) in [6, 6.07) is 5.67. The molecule has 0 spiro atoms. The minimum atomic E-state index is 0.260. The van der Waals surface area contributed by atoms with Crippen molar-refractivity contribution < 1.29 is 9.84 Å². The summed E-state index contributed by atoms with van der Waals surface area (Å²) in [6.45, 7) is 10.9. The number of unbranched alkanes of at least 4 members (excludes halogenated alkanes) is 2. The van der Waals surface area contributed by atoms with Crippen LogP contribution in [0.15, 0.2) is 18.2 Å². The van der Waals surface area contributed by atoms with Crippen molar-refractivity contribution in [1.29, 1.82) is 0 Å². The highest BCUT2D eigenvalue weighted by Crippen LogP contribution is 2.30. The molecule has 1 aromatic carbocycles. The van der Waals surface area contributed by atoms with E-state index in [1.165, 1.54) is 25.7 Å². The average Bonchev–Trinajstić information content (AvgIpc) is 2.43. The molecule has 0 unspecified atom stereocenters. The average molecular weight is 293 g/mol. The third-order valence-electron chi connectivity index (χ3n) is 3.76. The van der Waals surface area contributed by atoms with Crippen LogP contribution in [-0.2, 0) is 6.54 Å². The second-order valence-electron chi connectivity index (χ2n) is 6.42. The minimum absolute atomic E-state index is 0.260. The van der Waals surface area contributed by atoms with E-state index >= 15 is 0 Å². The smallest absolute Gasteiger partial charge is 0.162 e. The largest absolute Gasteiger partial charge is 0.504 e. The van der Waals surface area contributed by atoms with Crippen LogP contribution in [0.3, 0.4) is 0 Å². The fourth-order valence-corrected chi connectivity index (χ4v) is 2.46. The van der Waals surface area contributed by atoms with Crippen molar-refractivity contribution in [3.8, 4) is 11.5 Å². The van der Waals surface area contributed by atoms with Gasteiger partial charge < -0.3 is 15.2 Å². The molecule has 2 N–H and O–H groups in total. The predicted octanol–water partition coefficient (Wildman–Crippen LogP) is 4.49. The Hall–Kier alpha value is -1.22. The Morgan fingerprint density at radius 1 is 1.19 bits per heavy atom. The molecular formula is C18H31NO2. The predicted molar refractivity (Wildman–Crippen MR) is 88.9 cm³/mol. The maximum atomic E-state index is 10.2. The zero-order valence-corrected chi connectivity index (χ0v) is 14.0. The summed E-state index contributed by atoms with van der Waals surface area (Å²) in [4.78, 5) is 0. The Morgan fingerprint density at radius 3 is 2.62 bits per heavy atom. The zero-order valence-electron chi connectivity index (χ0n) is 14.0. The maximum absolute atomic E-state index is 10.2. The molecule has 0 atom stereocenters. The van der Waals surface area contributed by atoms with Gasteiger partial charge in [-0.2, -0.15) is 0 Å². The summed E-state index contributed by atoms with van der Waals surface area (Å²) in [5.41, 5.74) is 1.19. The molecule has 0 amide bonds. The Morgan fingerprint density at radius 2 is 1.95 bits per heavy atom. The molecule has 0 fully saturated rings. The van der Waals surface area contributed by atoms with E-state index in [9.17, 15) is 5.11 Å². The molecule has 0 aliphatic heterocycles. The molecule has 0 saturated carbocycles. The van der Waals surface area contributed by atoms with Crippen molar-refractivity contribution in [2.45, 2.75) is 59.9 Å². The zero-order chi connectivity index (χ0) is 15.7. The van der Waals surface area contributed by atoms with Gasteiger partial charge in [-0.3, -0.25) is 0 Å². The third-order valence-corrected chi connectivity index (χ3v) is 3.76. The standard InChI is InChI=1S/C18H31NO2/c1-5-7-8-12-18(3,4)14-19-13-15-10-9-11-16(17(15)20)21-6-2/h9-11,19-20H,5-8,12-14H2,1-4H3. The van der Waals surface area contributed by atoms with Gasteiger partial charge in [0, 0.05) is 18.7 Å². The van der Waals surface area contributed by atoms with Gasteiger partial charge in [0.05, 0.1) is 6.61 Å². The molecular weight excluding hydrogens is 262 g/mol. The molecule has 0 bridgehead atoms. The van der Waals surface area contributed by atoms with Crippen LogP contribution in [0.4, 0.5) is 0 Å². The lowest BCUT2D eigenvalue weighted by atomic mass is 9.87. The topological polar surface area (TPSA) is 41.5 Å². The Balaban J connectivity index is 2.46. The molecule has 1 rings (SSSR count). The van der Waals surface area contributed by atoms with Gasteiger partial charge >= 0.3 is 0 Å². The number of para-hydroxylation sites is 1. The summed E-state index contributed by atoms with van der Waals surface area (Å²) in [5, 5.41) is 13.6. The number of hydrogen-bond acceptors (Lipinski definition) is 3. The van der Waals surface area contributed by atoms with E-state index in [1.807, 2.05) is 19.1 Å². The van der Waals surface area contributed by atoms with Crippen LogP contribution in [0.25, 0.3) is 0 Å². The summed E-state index contributed by atoms with van der Waals surface area (Å²) in [5.74, 6) is 0.828. The summed E-state index contributed by atoms with van der Waals surface area (Å²) >= 11 is 0. The molecule has 0 aromatic heterocycles. The van der Waals surface area contributed by atoms with Crippen LogP contribution in [0.5, 0.6) is 11.5 Å². The van der Waals surface area contributed by atoms with Crippen molar-refractivity contribution in [1.82, 2.24) is 5.32 Å². The molecule has 0 saturated heterocycles. The molecule has 3 heteroatoms. The van der Waals surface area contributed by atoms with Gasteiger partial charge in [-0.05, 0) is 24.8 Å². The molecule has 0 aliphatic rings. The SMILES string of the molecule is CCCCCC(C)(C)CNCc1cccc(OCC)c1O. The van der Waals surface area contributed by atoms with Crippen LogP contribution in [0, 0.1) is 5.41 Å². The van der Waals surface area contributed by atoms with Crippen LogP contribution in [0.1, 0.15) is 58.9 Å². The fraction of sp³-hybridized carbons (Fsp3) is 0.667. The lowest BCUT2D eigenvalue weighted by Gasteiger charge is -2.25. The maximum Gasteiger partial charge on any atom is 0.162 e. The number of aromatic hydroxyl groups is 1. The van der Waals surface area contributed by atoms with Gasteiger partial charge in [0.2, 0.25) is 0 Å². The van der Waals surface area contributed by atoms with Crippen molar-refractivity contribution in [3.63, 3.8) is 0 Å². The Labute approximate surface area is 129 Å². The number of nitrogens with one attached hydrogen (secondary N) is 1. The van der Waals surface area contributed by atoms with Crippen LogP contribution in [0.2, 0.25) is 0 Å².